The molecule has 138 valence electrons. The first-order valence-corrected chi connectivity index (χ1v) is 8.91. The molecule has 0 aliphatic carbocycles. The van der Waals surface area contributed by atoms with Crippen molar-refractivity contribution in [1.29, 1.82) is 0 Å². The molecule has 0 saturated carbocycles. The van der Waals surface area contributed by atoms with Crippen LogP contribution in [0.2, 0.25) is 0 Å². The van der Waals surface area contributed by atoms with Crippen LogP contribution in [0.3, 0.4) is 0 Å². The third kappa shape index (κ3) is 4.60. The van der Waals surface area contributed by atoms with Crippen molar-refractivity contribution < 1.29 is 18.1 Å². The van der Waals surface area contributed by atoms with Gasteiger partial charge in [0, 0.05) is 5.41 Å². The van der Waals surface area contributed by atoms with Gasteiger partial charge in [0.05, 0.1) is 5.25 Å². The predicted octanol–water partition coefficient (Wildman–Crippen LogP) is 4.32. The third-order valence-electron chi connectivity index (χ3n) is 3.36. The van der Waals surface area contributed by atoms with Gasteiger partial charge in [0.15, 0.2) is 12.4 Å². The van der Waals surface area contributed by atoms with E-state index in [1.54, 1.807) is 0 Å². The van der Waals surface area contributed by atoms with Crippen LogP contribution in [-0.4, -0.2) is 20.3 Å². The van der Waals surface area contributed by atoms with E-state index in [-0.39, 0.29) is 23.1 Å². The first-order chi connectivity index (χ1) is 12.3. The number of ether oxygens (including phenoxy) is 1. The molecule has 26 heavy (non-hydrogen) atoms. The van der Waals surface area contributed by atoms with E-state index in [0.29, 0.717) is 28.6 Å². The van der Waals surface area contributed by atoms with E-state index in [4.69, 9.17) is 13.7 Å². The van der Waals surface area contributed by atoms with Crippen molar-refractivity contribution in [2.24, 2.45) is 0 Å². The van der Waals surface area contributed by atoms with Gasteiger partial charge in [-0.1, -0.05) is 37.7 Å². The maximum absolute atomic E-state index is 12.9. The summed E-state index contributed by atoms with van der Waals surface area (Å²) in [4.78, 5) is 4.42. The van der Waals surface area contributed by atoms with Gasteiger partial charge in [-0.25, -0.2) is 4.39 Å². The lowest BCUT2D eigenvalue weighted by molar-refractivity contribution is 0.251. The summed E-state index contributed by atoms with van der Waals surface area (Å²) in [5, 5.41) is 12.2. The SMILES string of the molecule is C[C@H](Sc1nnc(COc2ccc(F)cc2)o1)c1nc(C(C)(C)C)no1. The largest absolute Gasteiger partial charge is 0.484 e. The van der Waals surface area contributed by atoms with Gasteiger partial charge in [0.25, 0.3) is 11.1 Å². The molecule has 0 aliphatic rings. The van der Waals surface area contributed by atoms with Gasteiger partial charge in [-0.05, 0) is 31.2 Å². The van der Waals surface area contributed by atoms with Crippen molar-refractivity contribution in [1.82, 2.24) is 20.3 Å². The van der Waals surface area contributed by atoms with Crippen LogP contribution in [0.4, 0.5) is 4.39 Å². The Balaban J connectivity index is 1.57. The zero-order chi connectivity index (χ0) is 18.7. The van der Waals surface area contributed by atoms with Crippen LogP contribution >= 0.6 is 11.8 Å². The monoisotopic (exact) mass is 378 g/mol. The van der Waals surface area contributed by atoms with Crippen LogP contribution in [0.1, 0.15) is 50.6 Å². The quantitative estimate of drug-likeness (QED) is 0.586. The molecule has 0 unspecified atom stereocenters. The van der Waals surface area contributed by atoms with Crippen molar-refractivity contribution in [3.8, 4) is 5.75 Å². The van der Waals surface area contributed by atoms with E-state index < -0.39 is 0 Å². The fourth-order valence-corrected chi connectivity index (χ4v) is 2.66. The molecule has 0 fully saturated rings. The maximum Gasteiger partial charge on any atom is 0.277 e. The average molecular weight is 378 g/mol. The number of hydrogen-bond donors (Lipinski definition) is 0. The zero-order valence-corrected chi connectivity index (χ0v) is 15.7. The summed E-state index contributed by atoms with van der Waals surface area (Å²) in [6, 6.07) is 5.71. The molecule has 0 amide bonds. The van der Waals surface area contributed by atoms with E-state index in [9.17, 15) is 4.39 Å². The van der Waals surface area contributed by atoms with E-state index in [0.717, 1.165) is 0 Å². The molecule has 0 saturated heterocycles. The Hall–Kier alpha value is -2.42. The summed E-state index contributed by atoms with van der Waals surface area (Å²) in [6.45, 7) is 8.08. The number of rotatable bonds is 6. The number of halogens is 1. The molecular formula is C17H19FN4O3S. The molecule has 2 heterocycles. The number of thioether (sulfide) groups is 1. The molecule has 7 nitrogen and oxygen atoms in total. The summed E-state index contributed by atoms with van der Waals surface area (Å²) < 4.78 is 29.2. The molecule has 0 aliphatic heterocycles. The number of benzene rings is 1. The van der Waals surface area contributed by atoms with Crippen LogP contribution in [0, 0.1) is 5.82 Å². The fraction of sp³-hybridized carbons (Fsp3) is 0.412. The number of hydrogen-bond acceptors (Lipinski definition) is 8. The minimum absolute atomic E-state index is 0.0995. The van der Waals surface area contributed by atoms with E-state index in [1.807, 2.05) is 27.7 Å². The van der Waals surface area contributed by atoms with Gasteiger partial charge in [0.2, 0.25) is 5.89 Å². The van der Waals surface area contributed by atoms with Gasteiger partial charge in [0.1, 0.15) is 11.6 Å². The number of nitrogens with zero attached hydrogens (tertiary/aromatic N) is 4. The minimum atomic E-state index is -0.321. The van der Waals surface area contributed by atoms with Crippen LogP contribution in [0.5, 0.6) is 5.75 Å². The standard InChI is InChI=1S/C17H19FN4O3S/c1-10(14-19-15(22-25-14)17(2,3)4)26-16-21-20-13(24-16)9-23-12-7-5-11(18)6-8-12/h5-8,10H,9H2,1-4H3/t10-/m0/s1. The highest BCUT2D eigenvalue weighted by Crippen LogP contribution is 2.34. The third-order valence-corrected chi connectivity index (χ3v) is 4.28. The van der Waals surface area contributed by atoms with Crippen molar-refractivity contribution in [2.45, 2.75) is 50.2 Å². The molecule has 3 rings (SSSR count). The molecular weight excluding hydrogens is 359 g/mol. The molecule has 2 aromatic heterocycles. The Morgan fingerprint density at radius 1 is 1.19 bits per heavy atom. The molecule has 0 N–H and O–H groups in total. The normalized spacial score (nSPS) is 13.0. The van der Waals surface area contributed by atoms with E-state index in [2.05, 4.69) is 20.3 Å². The summed E-state index contributed by atoms with van der Waals surface area (Å²) in [5.41, 5.74) is -0.179. The smallest absolute Gasteiger partial charge is 0.277 e. The second kappa shape index (κ2) is 7.45. The van der Waals surface area contributed by atoms with Crippen molar-refractivity contribution in [3.05, 3.63) is 47.7 Å². The Bertz CT molecular complexity index is 858. The second-order valence-electron chi connectivity index (χ2n) is 6.67. The molecule has 1 atom stereocenters. The van der Waals surface area contributed by atoms with Crippen molar-refractivity contribution in [2.75, 3.05) is 0 Å². The van der Waals surface area contributed by atoms with Gasteiger partial charge in [-0.3, -0.25) is 0 Å². The maximum atomic E-state index is 12.9. The summed E-state index contributed by atoms with van der Waals surface area (Å²) in [5.74, 6) is 1.68. The lowest BCUT2D eigenvalue weighted by Crippen LogP contribution is -2.13. The van der Waals surface area contributed by atoms with Crippen LogP contribution in [0.25, 0.3) is 0 Å². The van der Waals surface area contributed by atoms with Gasteiger partial charge in [-0.15, -0.1) is 10.2 Å². The fourth-order valence-electron chi connectivity index (χ4n) is 1.93. The first kappa shape index (κ1) is 18.4. The van der Waals surface area contributed by atoms with Crippen LogP contribution in [-0.2, 0) is 12.0 Å². The highest BCUT2D eigenvalue weighted by Gasteiger charge is 2.24. The molecule has 3 aromatic rings. The first-order valence-electron chi connectivity index (χ1n) is 8.03. The molecule has 0 bridgehead atoms. The van der Waals surface area contributed by atoms with Gasteiger partial charge < -0.3 is 13.7 Å². The zero-order valence-electron chi connectivity index (χ0n) is 14.9. The van der Waals surface area contributed by atoms with E-state index >= 15 is 0 Å². The van der Waals surface area contributed by atoms with Crippen LogP contribution < -0.4 is 4.74 Å². The Morgan fingerprint density at radius 2 is 1.92 bits per heavy atom. The van der Waals surface area contributed by atoms with Gasteiger partial charge >= 0.3 is 0 Å². The van der Waals surface area contributed by atoms with Gasteiger partial charge in [-0.2, -0.15) is 4.98 Å². The summed E-state index contributed by atoms with van der Waals surface area (Å²) >= 11 is 1.32. The van der Waals surface area contributed by atoms with Crippen molar-refractivity contribution in [3.63, 3.8) is 0 Å². The molecule has 0 spiro atoms. The minimum Gasteiger partial charge on any atom is -0.484 e. The average Bonchev–Trinajstić information content (AvgIpc) is 3.23. The Labute approximate surface area is 154 Å². The number of aromatic nitrogens is 4. The van der Waals surface area contributed by atoms with Crippen molar-refractivity contribution >= 4 is 11.8 Å². The van der Waals surface area contributed by atoms with E-state index in [1.165, 1.54) is 36.0 Å². The summed E-state index contributed by atoms with van der Waals surface area (Å²) in [7, 11) is 0. The Morgan fingerprint density at radius 3 is 2.58 bits per heavy atom. The Kier molecular flexibility index (Phi) is 5.26. The topological polar surface area (TPSA) is 87.1 Å². The highest BCUT2D eigenvalue weighted by molar-refractivity contribution is 7.99. The van der Waals surface area contributed by atoms with Crippen LogP contribution in [0.15, 0.2) is 38.4 Å². The predicted molar refractivity (Wildman–Crippen MR) is 92.3 cm³/mol. The molecule has 0 radical (unpaired) electrons. The lowest BCUT2D eigenvalue weighted by Gasteiger charge is -2.11. The highest BCUT2D eigenvalue weighted by atomic mass is 32.2. The lowest BCUT2D eigenvalue weighted by atomic mass is 9.96. The molecule has 1 aromatic carbocycles. The summed E-state index contributed by atoms with van der Waals surface area (Å²) in [6.07, 6.45) is 0. The molecule has 9 heteroatoms. The second-order valence-corrected chi connectivity index (χ2v) is 7.96.